The van der Waals surface area contributed by atoms with Gasteiger partial charge < -0.3 is 15.7 Å². The summed E-state index contributed by atoms with van der Waals surface area (Å²) < 4.78 is 0. The van der Waals surface area contributed by atoms with Gasteiger partial charge in [0, 0.05) is 13.1 Å². The van der Waals surface area contributed by atoms with Crippen molar-refractivity contribution in [1.29, 1.82) is 0 Å². The van der Waals surface area contributed by atoms with E-state index in [0.717, 1.165) is 18.4 Å². The van der Waals surface area contributed by atoms with Gasteiger partial charge in [-0.1, -0.05) is 31.4 Å². The first-order valence-corrected chi connectivity index (χ1v) is 7.38. The Morgan fingerprint density at radius 1 is 1.30 bits per heavy atom. The van der Waals surface area contributed by atoms with Crippen LogP contribution in [0.3, 0.4) is 0 Å². The lowest BCUT2D eigenvalue weighted by Crippen LogP contribution is -2.48. The van der Waals surface area contributed by atoms with Crippen molar-refractivity contribution in [1.82, 2.24) is 4.90 Å². The summed E-state index contributed by atoms with van der Waals surface area (Å²) in [5.74, 6) is 0.248. The Kier molecular flexibility index (Phi) is 5.01. The first kappa shape index (κ1) is 14.9. The molecule has 1 aromatic rings. The summed E-state index contributed by atoms with van der Waals surface area (Å²) >= 11 is 0. The van der Waals surface area contributed by atoms with Gasteiger partial charge in [0.1, 0.15) is 5.75 Å². The molecule has 1 atom stereocenters. The number of nitrogens with two attached hydrogens (primary N) is 1. The number of aromatic hydroxyl groups is 1. The van der Waals surface area contributed by atoms with Crippen LogP contribution < -0.4 is 5.73 Å². The van der Waals surface area contributed by atoms with E-state index in [0.29, 0.717) is 12.5 Å². The molecule has 1 aliphatic rings. The van der Waals surface area contributed by atoms with Crippen LogP contribution in [-0.2, 0) is 11.2 Å². The summed E-state index contributed by atoms with van der Waals surface area (Å²) in [5, 5.41) is 9.25. The molecule has 3 N–H and O–H groups in total. The molecule has 0 heterocycles. The Balaban J connectivity index is 1.92. The maximum Gasteiger partial charge on any atom is 0.239 e. The summed E-state index contributed by atoms with van der Waals surface area (Å²) in [5.41, 5.74) is 7.01. The fourth-order valence-electron chi connectivity index (χ4n) is 2.88. The van der Waals surface area contributed by atoms with Crippen LogP contribution >= 0.6 is 0 Å². The van der Waals surface area contributed by atoms with Crippen LogP contribution in [-0.4, -0.2) is 35.0 Å². The van der Waals surface area contributed by atoms with Crippen molar-refractivity contribution in [3.05, 3.63) is 29.8 Å². The molecule has 20 heavy (non-hydrogen) atoms. The van der Waals surface area contributed by atoms with Gasteiger partial charge in [0.05, 0.1) is 6.04 Å². The highest BCUT2D eigenvalue weighted by Gasteiger charge is 2.25. The second-order valence-corrected chi connectivity index (χ2v) is 5.72. The van der Waals surface area contributed by atoms with E-state index in [1.54, 1.807) is 12.1 Å². The summed E-state index contributed by atoms with van der Waals surface area (Å²) in [6.45, 7) is 0. The minimum Gasteiger partial charge on any atom is -0.508 e. The number of rotatable bonds is 4. The highest BCUT2D eigenvalue weighted by molar-refractivity contribution is 5.82. The first-order chi connectivity index (χ1) is 9.58. The van der Waals surface area contributed by atoms with E-state index in [4.69, 9.17) is 5.73 Å². The van der Waals surface area contributed by atoms with Crippen LogP contribution in [0.5, 0.6) is 5.75 Å². The molecule has 0 bridgehead atoms. The summed E-state index contributed by atoms with van der Waals surface area (Å²) in [4.78, 5) is 14.2. The van der Waals surface area contributed by atoms with E-state index in [-0.39, 0.29) is 11.7 Å². The smallest absolute Gasteiger partial charge is 0.239 e. The fraction of sp³-hybridized carbons (Fsp3) is 0.562. The zero-order valence-corrected chi connectivity index (χ0v) is 12.1. The van der Waals surface area contributed by atoms with E-state index in [1.807, 2.05) is 24.1 Å². The maximum absolute atomic E-state index is 12.4. The first-order valence-electron chi connectivity index (χ1n) is 7.38. The highest BCUT2D eigenvalue weighted by atomic mass is 16.3. The number of hydrogen-bond acceptors (Lipinski definition) is 3. The summed E-state index contributed by atoms with van der Waals surface area (Å²) in [6, 6.07) is 6.70. The van der Waals surface area contributed by atoms with Crippen LogP contribution in [0.2, 0.25) is 0 Å². The third-order valence-corrected chi connectivity index (χ3v) is 4.18. The molecular weight excluding hydrogens is 252 g/mol. The van der Waals surface area contributed by atoms with Crippen molar-refractivity contribution in [2.45, 2.75) is 50.6 Å². The van der Waals surface area contributed by atoms with Gasteiger partial charge in [-0.2, -0.15) is 0 Å². The van der Waals surface area contributed by atoms with Crippen LogP contribution in [0.1, 0.15) is 37.7 Å². The molecule has 2 rings (SSSR count). The van der Waals surface area contributed by atoms with Crippen LogP contribution in [0.25, 0.3) is 0 Å². The molecular formula is C16H24N2O2. The van der Waals surface area contributed by atoms with Crippen molar-refractivity contribution < 1.29 is 9.90 Å². The van der Waals surface area contributed by atoms with E-state index < -0.39 is 6.04 Å². The minimum absolute atomic E-state index is 0.0185. The Morgan fingerprint density at radius 2 is 1.90 bits per heavy atom. The number of benzene rings is 1. The highest BCUT2D eigenvalue weighted by Crippen LogP contribution is 2.22. The molecule has 0 spiro atoms. The summed E-state index contributed by atoms with van der Waals surface area (Å²) in [7, 11) is 1.87. The quantitative estimate of drug-likeness (QED) is 0.884. The number of carbonyl (C=O) groups excluding carboxylic acids is 1. The number of likely N-dealkylation sites (N-methyl/N-ethyl adjacent to an activating group) is 1. The predicted octanol–water partition coefficient (Wildman–Crippen LogP) is 2.05. The van der Waals surface area contributed by atoms with Gasteiger partial charge in [-0.3, -0.25) is 4.79 Å². The zero-order valence-electron chi connectivity index (χ0n) is 12.1. The van der Waals surface area contributed by atoms with Crippen LogP contribution in [0, 0.1) is 0 Å². The molecule has 0 aliphatic heterocycles. The molecule has 4 nitrogen and oxygen atoms in total. The molecule has 1 aromatic carbocycles. The molecule has 1 fully saturated rings. The van der Waals surface area contributed by atoms with Gasteiger partial charge in [0.25, 0.3) is 0 Å². The van der Waals surface area contributed by atoms with Gasteiger partial charge in [-0.15, -0.1) is 0 Å². The van der Waals surface area contributed by atoms with Gasteiger partial charge in [0.15, 0.2) is 0 Å². The fourth-order valence-corrected chi connectivity index (χ4v) is 2.88. The Bertz CT molecular complexity index is 438. The number of amides is 1. The monoisotopic (exact) mass is 276 g/mol. The molecule has 110 valence electrons. The molecule has 1 saturated carbocycles. The number of nitrogens with zero attached hydrogens (tertiary/aromatic N) is 1. The average Bonchev–Trinajstić information content (AvgIpc) is 2.49. The molecule has 1 aliphatic carbocycles. The van der Waals surface area contributed by atoms with Gasteiger partial charge in [-0.05, 0) is 37.0 Å². The lowest BCUT2D eigenvalue weighted by Gasteiger charge is -2.32. The van der Waals surface area contributed by atoms with Crippen LogP contribution in [0.15, 0.2) is 24.3 Å². The predicted molar refractivity (Wildman–Crippen MR) is 79.4 cm³/mol. The summed E-state index contributed by atoms with van der Waals surface area (Å²) in [6.07, 6.45) is 6.38. The third kappa shape index (κ3) is 3.73. The van der Waals surface area contributed by atoms with Gasteiger partial charge in [-0.25, -0.2) is 0 Å². The molecule has 0 saturated heterocycles. The lowest BCUT2D eigenvalue weighted by molar-refractivity contribution is -0.133. The lowest BCUT2D eigenvalue weighted by atomic mass is 9.94. The second kappa shape index (κ2) is 6.75. The number of phenols is 1. The van der Waals surface area contributed by atoms with Crippen molar-refractivity contribution in [2.75, 3.05) is 7.05 Å². The largest absolute Gasteiger partial charge is 0.508 e. The van der Waals surface area contributed by atoms with Crippen LogP contribution in [0.4, 0.5) is 0 Å². The second-order valence-electron chi connectivity index (χ2n) is 5.72. The van der Waals surface area contributed by atoms with Crippen molar-refractivity contribution >= 4 is 5.91 Å². The molecule has 0 radical (unpaired) electrons. The van der Waals surface area contributed by atoms with E-state index in [1.165, 1.54) is 19.3 Å². The van der Waals surface area contributed by atoms with E-state index in [9.17, 15) is 9.90 Å². The topological polar surface area (TPSA) is 66.6 Å². The average molecular weight is 276 g/mol. The normalized spacial score (nSPS) is 17.7. The van der Waals surface area contributed by atoms with Gasteiger partial charge in [0.2, 0.25) is 5.91 Å². The SMILES string of the molecule is CN(C(=O)[C@H](N)Cc1ccc(O)cc1)C1CCCCC1. The van der Waals surface area contributed by atoms with Crippen molar-refractivity contribution in [3.8, 4) is 5.75 Å². The number of phenolic OH excluding ortho intramolecular Hbond substituents is 1. The standard InChI is InChI=1S/C16H24N2O2/c1-18(13-5-3-2-4-6-13)16(20)15(17)11-12-7-9-14(19)10-8-12/h7-10,13,15,19H,2-6,11,17H2,1H3/t15-/m1/s1. The number of hydrogen-bond donors (Lipinski definition) is 2. The Labute approximate surface area is 120 Å². The number of carbonyl (C=O) groups is 1. The van der Waals surface area contributed by atoms with Crippen molar-refractivity contribution in [3.63, 3.8) is 0 Å². The Morgan fingerprint density at radius 3 is 2.50 bits per heavy atom. The van der Waals surface area contributed by atoms with E-state index in [2.05, 4.69) is 0 Å². The van der Waals surface area contributed by atoms with E-state index >= 15 is 0 Å². The zero-order chi connectivity index (χ0) is 14.5. The molecule has 0 aromatic heterocycles. The minimum atomic E-state index is -0.508. The van der Waals surface area contributed by atoms with Gasteiger partial charge >= 0.3 is 0 Å². The molecule has 1 amide bonds. The molecule has 4 heteroatoms. The molecule has 0 unspecified atom stereocenters. The maximum atomic E-state index is 12.4. The third-order valence-electron chi connectivity index (χ3n) is 4.18. The van der Waals surface area contributed by atoms with Crippen molar-refractivity contribution in [2.24, 2.45) is 5.73 Å². The Hall–Kier alpha value is -1.55.